The van der Waals surface area contributed by atoms with Crippen LogP contribution in [-0.4, -0.2) is 23.6 Å². The fourth-order valence-electron chi connectivity index (χ4n) is 1.06. The van der Waals surface area contributed by atoms with Gasteiger partial charge in [-0.3, -0.25) is 0 Å². The quantitative estimate of drug-likeness (QED) is 0.719. The molecule has 1 saturated carbocycles. The number of hydrogen-bond acceptors (Lipinski definition) is 3. The topological polar surface area (TPSA) is 74.8 Å². The van der Waals surface area contributed by atoms with Crippen LogP contribution < -0.4 is 4.72 Å². The van der Waals surface area contributed by atoms with Gasteiger partial charge in [0.15, 0.2) is 0 Å². The number of nitrogens with zero attached hydrogens (tertiary/aromatic N) is 1. The van der Waals surface area contributed by atoms with E-state index in [-0.39, 0.29) is 5.25 Å². The van der Waals surface area contributed by atoms with E-state index >= 15 is 0 Å². The number of nitrogens with one attached hydrogen (secondary N) is 2. The van der Waals surface area contributed by atoms with E-state index in [1.165, 1.54) is 6.33 Å². The average Bonchev–Trinajstić information content (AvgIpc) is 2.82. The second kappa shape index (κ2) is 3.12. The minimum absolute atomic E-state index is 0.157. The van der Waals surface area contributed by atoms with E-state index in [1.54, 1.807) is 6.20 Å². The van der Waals surface area contributed by atoms with E-state index < -0.39 is 10.0 Å². The Bertz CT molecular complexity index is 366. The summed E-state index contributed by atoms with van der Waals surface area (Å²) in [6.45, 7) is 0.304. The predicted octanol–water partition coefficient (Wildman–Crippen LogP) is -0.00850. The van der Waals surface area contributed by atoms with Crippen LogP contribution in [0.1, 0.15) is 18.5 Å². The van der Waals surface area contributed by atoms with Gasteiger partial charge in [0.25, 0.3) is 0 Å². The van der Waals surface area contributed by atoms with Crippen molar-refractivity contribution >= 4 is 10.0 Å². The first-order chi connectivity index (χ1) is 6.18. The molecule has 1 aliphatic carbocycles. The minimum atomic E-state index is -3.06. The lowest BCUT2D eigenvalue weighted by molar-refractivity contribution is 0.579. The third kappa shape index (κ3) is 2.07. The van der Waals surface area contributed by atoms with Gasteiger partial charge >= 0.3 is 0 Å². The van der Waals surface area contributed by atoms with Crippen molar-refractivity contribution in [2.45, 2.75) is 24.6 Å². The standard InChI is InChI=1S/C7H11N3O2S/c11-13(12,7-1-2-7)10-4-6-3-8-5-9-6/h3,5,7,10H,1-2,4H2,(H,8,9). The molecule has 2 rings (SSSR count). The molecule has 1 aromatic heterocycles. The van der Waals surface area contributed by atoms with Crippen molar-refractivity contribution in [1.29, 1.82) is 0 Å². The van der Waals surface area contributed by atoms with Gasteiger partial charge in [0.1, 0.15) is 0 Å². The third-order valence-corrected chi connectivity index (χ3v) is 3.88. The van der Waals surface area contributed by atoms with Crippen LogP contribution in [0.15, 0.2) is 12.5 Å². The second-order valence-corrected chi connectivity index (χ2v) is 5.19. The Morgan fingerprint density at radius 2 is 2.38 bits per heavy atom. The molecule has 1 heterocycles. The van der Waals surface area contributed by atoms with Gasteiger partial charge in [-0.15, -0.1) is 0 Å². The van der Waals surface area contributed by atoms with E-state index in [9.17, 15) is 8.42 Å². The zero-order valence-electron chi connectivity index (χ0n) is 7.03. The Labute approximate surface area is 76.6 Å². The highest BCUT2D eigenvalue weighted by Gasteiger charge is 2.35. The minimum Gasteiger partial charge on any atom is -0.347 e. The maximum absolute atomic E-state index is 11.3. The van der Waals surface area contributed by atoms with Crippen molar-refractivity contribution in [3.8, 4) is 0 Å². The summed E-state index contributed by atoms with van der Waals surface area (Å²) in [5.41, 5.74) is 0.782. The molecule has 2 N–H and O–H groups in total. The Balaban J connectivity index is 1.92. The van der Waals surface area contributed by atoms with Gasteiger partial charge in [0, 0.05) is 11.9 Å². The van der Waals surface area contributed by atoms with Gasteiger partial charge < -0.3 is 4.98 Å². The molecule has 6 heteroatoms. The zero-order chi connectivity index (χ0) is 9.31. The molecule has 1 aliphatic rings. The summed E-state index contributed by atoms with van der Waals surface area (Å²) in [4.78, 5) is 6.62. The lowest BCUT2D eigenvalue weighted by Crippen LogP contribution is -2.26. The molecule has 13 heavy (non-hydrogen) atoms. The van der Waals surface area contributed by atoms with Crippen molar-refractivity contribution in [2.24, 2.45) is 0 Å². The van der Waals surface area contributed by atoms with E-state index in [0.717, 1.165) is 18.5 Å². The molecule has 1 fully saturated rings. The highest BCUT2D eigenvalue weighted by molar-refractivity contribution is 7.90. The first-order valence-corrected chi connectivity index (χ1v) is 5.69. The van der Waals surface area contributed by atoms with Crippen LogP contribution in [0.2, 0.25) is 0 Å². The van der Waals surface area contributed by atoms with Crippen LogP contribution in [0.25, 0.3) is 0 Å². The second-order valence-electron chi connectivity index (χ2n) is 3.14. The molecule has 0 saturated heterocycles. The maximum atomic E-state index is 11.3. The van der Waals surface area contributed by atoms with Crippen molar-refractivity contribution in [3.05, 3.63) is 18.2 Å². The van der Waals surface area contributed by atoms with Gasteiger partial charge in [-0.25, -0.2) is 18.1 Å². The molecule has 0 aromatic carbocycles. The van der Waals surface area contributed by atoms with E-state index in [4.69, 9.17) is 0 Å². The number of hydrogen-bond donors (Lipinski definition) is 2. The smallest absolute Gasteiger partial charge is 0.214 e. The SMILES string of the molecule is O=S(=O)(NCc1cnc[nH]1)C1CC1. The number of aromatic nitrogens is 2. The van der Waals surface area contributed by atoms with Crippen molar-refractivity contribution in [1.82, 2.24) is 14.7 Å². The molecule has 0 radical (unpaired) electrons. The number of sulfonamides is 1. The molecular weight excluding hydrogens is 190 g/mol. The molecule has 0 spiro atoms. The summed E-state index contributed by atoms with van der Waals surface area (Å²) >= 11 is 0. The third-order valence-electron chi connectivity index (χ3n) is 1.98. The van der Waals surface area contributed by atoms with Crippen LogP contribution in [0.4, 0.5) is 0 Å². The summed E-state index contributed by atoms with van der Waals surface area (Å²) in [6, 6.07) is 0. The summed E-state index contributed by atoms with van der Waals surface area (Å²) in [5.74, 6) is 0. The molecule has 0 unspecified atom stereocenters. The monoisotopic (exact) mass is 201 g/mol. The summed E-state index contributed by atoms with van der Waals surface area (Å²) < 4.78 is 25.2. The molecule has 0 amide bonds. The predicted molar refractivity (Wildman–Crippen MR) is 47.4 cm³/mol. The summed E-state index contributed by atoms with van der Waals surface area (Å²) in [7, 11) is -3.06. The van der Waals surface area contributed by atoms with Crippen molar-refractivity contribution in [2.75, 3.05) is 0 Å². The van der Waals surface area contributed by atoms with E-state index in [2.05, 4.69) is 14.7 Å². The van der Waals surface area contributed by atoms with Crippen molar-refractivity contribution < 1.29 is 8.42 Å². The largest absolute Gasteiger partial charge is 0.347 e. The normalized spacial score (nSPS) is 17.5. The first kappa shape index (κ1) is 8.71. The molecule has 5 nitrogen and oxygen atoms in total. The fraction of sp³-hybridized carbons (Fsp3) is 0.571. The van der Waals surface area contributed by atoms with E-state index in [0.29, 0.717) is 6.54 Å². The molecular formula is C7H11N3O2S. The Hall–Kier alpha value is -0.880. The highest BCUT2D eigenvalue weighted by Crippen LogP contribution is 2.27. The molecule has 1 aromatic rings. The van der Waals surface area contributed by atoms with Crippen LogP contribution in [0, 0.1) is 0 Å². The zero-order valence-corrected chi connectivity index (χ0v) is 7.84. The van der Waals surface area contributed by atoms with Crippen LogP contribution in [-0.2, 0) is 16.6 Å². The molecule has 0 bridgehead atoms. The number of rotatable bonds is 4. The number of imidazole rings is 1. The first-order valence-electron chi connectivity index (χ1n) is 4.14. The lowest BCUT2D eigenvalue weighted by atomic mass is 10.5. The molecule has 0 atom stereocenters. The maximum Gasteiger partial charge on any atom is 0.214 e. The summed E-state index contributed by atoms with van der Waals surface area (Å²) in [6.07, 6.45) is 4.72. The van der Waals surface area contributed by atoms with Crippen molar-refractivity contribution in [3.63, 3.8) is 0 Å². The average molecular weight is 201 g/mol. The lowest BCUT2D eigenvalue weighted by Gasteiger charge is -2.02. The van der Waals surface area contributed by atoms with Crippen LogP contribution in [0.5, 0.6) is 0 Å². The van der Waals surface area contributed by atoms with Gasteiger partial charge in [-0.2, -0.15) is 0 Å². The van der Waals surface area contributed by atoms with Gasteiger partial charge in [0.05, 0.1) is 18.1 Å². The fourth-order valence-corrected chi connectivity index (χ4v) is 2.40. The molecule has 0 aliphatic heterocycles. The van der Waals surface area contributed by atoms with Crippen LogP contribution >= 0.6 is 0 Å². The molecule has 72 valence electrons. The Kier molecular flexibility index (Phi) is 2.09. The highest BCUT2D eigenvalue weighted by atomic mass is 32.2. The number of aromatic amines is 1. The van der Waals surface area contributed by atoms with E-state index in [1.807, 2.05) is 0 Å². The Morgan fingerprint density at radius 3 is 2.92 bits per heavy atom. The summed E-state index contributed by atoms with van der Waals surface area (Å²) in [5, 5.41) is -0.157. The van der Waals surface area contributed by atoms with Crippen LogP contribution in [0.3, 0.4) is 0 Å². The Morgan fingerprint density at radius 1 is 1.62 bits per heavy atom. The van der Waals surface area contributed by atoms with Gasteiger partial charge in [-0.05, 0) is 12.8 Å². The van der Waals surface area contributed by atoms with Gasteiger partial charge in [-0.1, -0.05) is 0 Å². The van der Waals surface area contributed by atoms with Gasteiger partial charge in [0.2, 0.25) is 10.0 Å². The number of H-pyrrole nitrogens is 1.